The largest absolute Gasteiger partial charge is 0.496 e. The zero-order chi connectivity index (χ0) is 22.5. The molecule has 4 rings (SSSR count). The number of thioether (sulfide) groups is 1. The highest BCUT2D eigenvalue weighted by molar-refractivity contribution is 7.99. The van der Waals surface area contributed by atoms with E-state index < -0.39 is 0 Å². The normalized spacial score (nSPS) is 10.8. The Morgan fingerprint density at radius 1 is 1.06 bits per heavy atom. The summed E-state index contributed by atoms with van der Waals surface area (Å²) in [7, 11) is 1.59. The maximum absolute atomic E-state index is 13.3. The SMILES string of the molecule is COc1ccccc1CNC(=O)CSc1nc2ccccc2c(=O)n1-c1ccccc1Cl. The standard InChI is InChI=1S/C24H20ClN3O3S/c1-31-21-13-7-2-8-16(21)14-26-22(29)15-32-24-27-19-11-5-3-9-17(19)23(30)28(24)20-12-6-4-10-18(20)25/h2-13H,14-15H2,1H3,(H,26,29). The lowest BCUT2D eigenvalue weighted by atomic mass is 10.2. The van der Waals surface area contributed by atoms with E-state index in [1.54, 1.807) is 49.6 Å². The Morgan fingerprint density at radius 3 is 2.59 bits per heavy atom. The smallest absolute Gasteiger partial charge is 0.266 e. The first kappa shape index (κ1) is 21.9. The van der Waals surface area contributed by atoms with Gasteiger partial charge in [0.15, 0.2) is 5.16 Å². The molecular formula is C24H20ClN3O3S. The fraction of sp³-hybridized carbons (Fsp3) is 0.125. The second-order valence-corrected chi connectivity index (χ2v) is 8.23. The van der Waals surface area contributed by atoms with Crippen molar-refractivity contribution in [1.29, 1.82) is 0 Å². The van der Waals surface area contributed by atoms with E-state index in [-0.39, 0.29) is 17.2 Å². The summed E-state index contributed by atoms with van der Waals surface area (Å²) in [6.45, 7) is 0.339. The number of amides is 1. The van der Waals surface area contributed by atoms with Gasteiger partial charge in [0.25, 0.3) is 5.56 Å². The molecule has 0 bridgehead atoms. The molecule has 1 amide bonds. The molecule has 1 N–H and O–H groups in total. The number of aromatic nitrogens is 2. The minimum Gasteiger partial charge on any atom is -0.496 e. The van der Waals surface area contributed by atoms with Crippen molar-refractivity contribution in [2.75, 3.05) is 12.9 Å². The molecule has 3 aromatic carbocycles. The van der Waals surface area contributed by atoms with Crippen molar-refractivity contribution >= 4 is 40.2 Å². The van der Waals surface area contributed by atoms with E-state index in [1.807, 2.05) is 30.3 Å². The number of hydrogen-bond acceptors (Lipinski definition) is 5. The van der Waals surface area contributed by atoms with Crippen molar-refractivity contribution in [3.63, 3.8) is 0 Å². The predicted molar refractivity (Wildman–Crippen MR) is 128 cm³/mol. The molecule has 0 unspecified atom stereocenters. The minimum absolute atomic E-state index is 0.0877. The second-order valence-electron chi connectivity index (χ2n) is 6.88. The number of hydrogen-bond donors (Lipinski definition) is 1. The quantitative estimate of drug-likeness (QED) is 0.322. The van der Waals surface area contributed by atoms with Gasteiger partial charge >= 0.3 is 0 Å². The van der Waals surface area contributed by atoms with Crippen molar-refractivity contribution in [3.05, 3.63) is 93.7 Å². The van der Waals surface area contributed by atoms with Gasteiger partial charge in [-0.15, -0.1) is 0 Å². The maximum atomic E-state index is 13.3. The van der Waals surface area contributed by atoms with Crippen LogP contribution < -0.4 is 15.6 Å². The molecule has 0 saturated carbocycles. The maximum Gasteiger partial charge on any atom is 0.266 e. The third kappa shape index (κ3) is 4.64. The van der Waals surface area contributed by atoms with Gasteiger partial charge in [-0.05, 0) is 30.3 Å². The van der Waals surface area contributed by atoms with Crippen LogP contribution in [-0.2, 0) is 11.3 Å². The van der Waals surface area contributed by atoms with E-state index in [0.717, 1.165) is 5.56 Å². The highest BCUT2D eigenvalue weighted by Crippen LogP contribution is 2.25. The van der Waals surface area contributed by atoms with Crippen LogP contribution in [0.15, 0.2) is 82.7 Å². The Morgan fingerprint density at radius 2 is 1.78 bits per heavy atom. The number of para-hydroxylation sites is 3. The van der Waals surface area contributed by atoms with Gasteiger partial charge < -0.3 is 10.1 Å². The lowest BCUT2D eigenvalue weighted by molar-refractivity contribution is -0.118. The topological polar surface area (TPSA) is 73.2 Å². The van der Waals surface area contributed by atoms with Crippen LogP contribution in [0.2, 0.25) is 5.02 Å². The van der Waals surface area contributed by atoms with Gasteiger partial charge in [-0.1, -0.05) is 65.8 Å². The van der Waals surface area contributed by atoms with E-state index in [1.165, 1.54) is 16.3 Å². The number of nitrogens with zero attached hydrogens (tertiary/aromatic N) is 2. The number of rotatable bonds is 7. The number of carbonyl (C=O) groups is 1. The van der Waals surface area contributed by atoms with Crippen molar-refractivity contribution in [2.24, 2.45) is 0 Å². The third-order valence-corrected chi connectivity index (χ3v) is 6.10. The van der Waals surface area contributed by atoms with E-state index in [4.69, 9.17) is 16.3 Å². The molecule has 32 heavy (non-hydrogen) atoms. The number of carbonyl (C=O) groups excluding carboxylic acids is 1. The summed E-state index contributed by atoms with van der Waals surface area (Å²) in [5.74, 6) is 0.614. The summed E-state index contributed by atoms with van der Waals surface area (Å²) in [5, 5.41) is 4.19. The molecule has 8 heteroatoms. The Balaban J connectivity index is 1.60. The highest BCUT2D eigenvalue weighted by Gasteiger charge is 2.16. The molecule has 0 atom stereocenters. The van der Waals surface area contributed by atoms with Gasteiger partial charge in [-0.25, -0.2) is 4.98 Å². The van der Waals surface area contributed by atoms with Gasteiger partial charge in [0.1, 0.15) is 5.75 Å². The van der Waals surface area contributed by atoms with Crippen molar-refractivity contribution in [3.8, 4) is 11.4 Å². The molecule has 6 nitrogen and oxygen atoms in total. The van der Waals surface area contributed by atoms with Crippen LogP contribution in [0.25, 0.3) is 16.6 Å². The van der Waals surface area contributed by atoms with Crippen LogP contribution in [0.3, 0.4) is 0 Å². The molecule has 0 aliphatic carbocycles. The molecule has 0 aliphatic heterocycles. The van der Waals surface area contributed by atoms with Gasteiger partial charge in [0.2, 0.25) is 5.91 Å². The van der Waals surface area contributed by atoms with E-state index in [2.05, 4.69) is 10.3 Å². The summed E-state index contributed by atoms with van der Waals surface area (Å²) in [5.41, 5.74) is 1.73. The van der Waals surface area contributed by atoms with Gasteiger partial charge in [0.05, 0.1) is 34.5 Å². The Bertz CT molecular complexity index is 1340. The van der Waals surface area contributed by atoms with E-state index in [9.17, 15) is 9.59 Å². The molecule has 162 valence electrons. The number of halogens is 1. The summed E-state index contributed by atoms with van der Waals surface area (Å²) in [6, 6.07) is 21.7. The molecule has 4 aromatic rings. The number of ether oxygens (including phenoxy) is 1. The predicted octanol–water partition coefficient (Wildman–Crippen LogP) is 4.46. The Kier molecular flexibility index (Phi) is 6.78. The second kappa shape index (κ2) is 9.89. The first-order chi connectivity index (χ1) is 15.6. The average molecular weight is 466 g/mol. The molecule has 0 saturated heterocycles. The van der Waals surface area contributed by atoms with Crippen LogP contribution in [-0.4, -0.2) is 28.3 Å². The third-order valence-electron chi connectivity index (χ3n) is 4.84. The summed E-state index contributed by atoms with van der Waals surface area (Å²) in [6.07, 6.45) is 0. The summed E-state index contributed by atoms with van der Waals surface area (Å²) >= 11 is 7.56. The average Bonchev–Trinajstić information content (AvgIpc) is 2.82. The van der Waals surface area contributed by atoms with E-state index in [0.29, 0.717) is 39.1 Å². The number of methoxy groups -OCH3 is 1. The van der Waals surface area contributed by atoms with Crippen LogP contribution in [0.1, 0.15) is 5.56 Å². The van der Waals surface area contributed by atoms with Gasteiger partial charge in [-0.2, -0.15) is 0 Å². The molecule has 0 aliphatic rings. The molecule has 0 radical (unpaired) electrons. The Labute approximate surface area is 194 Å². The van der Waals surface area contributed by atoms with Crippen molar-refractivity contribution < 1.29 is 9.53 Å². The van der Waals surface area contributed by atoms with Gasteiger partial charge in [0, 0.05) is 12.1 Å². The lowest BCUT2D eigenvalue weighted by Crippen LogP contribution is -2.26. The fourth-order valence-corrected chi connectivity index (χ4v) is 4.33. The number of fused-ring (bicyclic) bond motifs is 1. The first-order valence-corrected chi connectivity index (χ1v) is 11.2. The molecular weight excluding hydrogens is 446 g/mol. The molecule has 1 aromatic heterocycles. The molecule has 0 fully saturated rings. The molecule has 1 heterocycles. The zero-order valence-electron chi connectivity index (χ0n) is 17.2. The number of nitrogens with one attached hydrogen (secondary N) is 1. The van der Waals surface area contributed by atoms with Crippen LogP contribution >= 0.6 is 23.4 Å². The number of benzene rings is 3. The van der Waals surface area contributed by atoms with Crippen molar-refractivity contribution in [1.82, 2.24) is 14.9 Å². The van der Waals surface area contributed by atoms with Crippen LogP contribution in [0.5, 0.6) is 5.75 Å². The zero-order valence-corrected chi connectivity index (χ0v) is 18.8. The van der Waals surface area contributed by atoms with Crippen molar-refractivity contribution in [2.45, 2.75) is 11.7 Å². The van der Waals surface area contributed by atoms with E-state index >= 15 is 0 Å². The lowest BCUT2D eigenvalue weighted by Gasteiger charge is -2.14. The minimum atomic E-state index is -0.236. The van der Waals surface area contributed by atoms with Gasteiger partial charge in [-0.3, -0.25) is 14.2 Å². The highest BCUT2D eigenvalue weighted by atomic mass is 35.5. The first-order valence-electron chi connectivity index (χ1n) is 9.86. The summed E-state index contributed by atoms with van der Waals surface area (Å²) in [4.78, 5) is 30.4. The van der Waals surface area contributed by atoms with Crippen LogP contribution in [0.4, 0.5) is 0 Å². The molecule has 0 spiro atoms. The fourth-order valence-electron chi connectivity index (χ4n) is 3.28. The summed E-state index contributed by atoms with van der Waals surface area (Å²) < 4.78 is 6.78. The monoisotopic (exact) mass is 465 g/mol. The Hall–Kier alpha value is -3.29. The van der Waals surface area contributed by atoms with Crippen LogP contribution in [0, 0.1) is 0 Å².